The van der Waals surface area contributed by atoms with Gasteiger partial charge in [-0.15, -0.1) is 0 Å². The lowest BCUT2D eigenvalue weighted by Gasteiger charge is -2.31. The standard InChI is InChI=1S/C24H24NP/c1-2-3-19-25-20-26-24(21-13-7-4-8-14-21,22-15-9-5-10-16-22)23-17-11-6-12-18-23/h4-18H,2-3,19H2,1H3. The van der Waals surface area contributed by atoms with Gasteiger partial charge in [0, 0.05) is 12.1 Å². The molecule has 1 nitrogen and oxygen atoms in total. The molecular formula is C24H24NP. The van der Waals surface area contributed by atoms with E-state index in [0.717, 1.165) is 27.6 Å². The molecule has 3 aromatic carbocycles. The van der Waals surface area contributed by atoms with E-state index in [9.17, 15) is 0 Å². The topological polar surface area (TPSA) is 12.4 Å². The van der Waals surface area contributed by atoms with E-state index >= 15 is 0 Å². The van der Waals surface area contributed by atoms with Crippen LogP contribution in [0.1, 0.15) is 36.5 Å². The van der Waals surface area contributed by atoms with Gasteiger partial charge < -0.3 is 0 Å². The molecule has 0 aliphatic rings. The molecular weight excluding hydrogens is 333 g/mol. The van der Waals surface area contributed by atoms with Gasteiger partial charge in [0.1, 0.15) is 0 Å². The third kappa shape index (κ3) is 4.02. The third-order valence-corrected chi connectivity index (χ3v) is 5.84. The van der Waals surface area contributed by atoms with Crippen molar-refractivity contribution in [2.45, 2.75) is 24.9 Å². The van der Waals surface area contributed by atoms with E-state index < -0.39 is 0 Å². The monoisotopic (exact) mass is 357 g/mol. The molecule has 0 radical (unpaired) electrons. The van der Waals surface area contributed by atoms with Crippen LogP contribution >= 0.6 is 8.20 Å². The van der Waals surface area contributed by atoms with Crippen LogP contribution < -0.4 is 0 Å². The average molecular weight is 357 g/mol. The molecule has 0 fully saturated rings. The maximum absolute atomic E-state index is 4.56. The molecule has 0 saturated heterocycles. The predicted octanol–water partition coefficient (Wildman–Crippen LogP) is 6.63. The molecule has 0 saturated carbocycles. The summed E-state index contributed by atoms with van der Waals surface area (Å²) in [5.74, 6) is 0. The zero-order valence-corrected chi connectivity index (χ0v) is 16.1. The number of hydrogen-bond acceptors (Lipinski definition) is 1. The van der Waals surface area contributed by atoms with E-state index in [0.29, 0.717) is 0 Å². The Bertz CT molecular complexity index is 754. The SMILES string of the molecule is CCCCN=C=PC(c1ccccc1)(c1ccccc1)c1ccccc1. The summed E-state index contributed by atoms with van der Waals surface area (Å²) in [4.78, 5) is 4.56. The van der Waals surface area contributed by atoms with Crippen molar-refractivity contribution in [3.63, 3.8) is 0 Å². The van der Waals surface area contributed by atoms with Crippen molar-refractivity contribution in [2.75, 3.05) is 6.54 Å². The Morgan fingerprint density at radius 3 is 1.54 bits per heavy atom. The zero-order chi connectivity index (χ0) is 18.1. The number of rotatable bonds is 7. The lowest BCUT2D eigenvalue weighted by atomic mass is 9.84. The summed E-state index contributed by atoms with van der Waals surface area (Å²) >= 11 is 0. The first-order valence-corrected chi connectivity index (χ1v) is 10.1. The zero-order valence-electron chi connectivity index (χ0n) is 15.2. The van der Waals surface area contributed by atoms with Crippen LogP contribution in [-0.2, 0) is 5.16 Å². The van der Waals surface area contributed by atoms with Crippen LogP contribution in [0.3, 0.4) is 0 Å². The Balaban J connectivity index is 2.23. The molecule has 3 rings (SSSR count). The highest BCUT2D eigenvalue weighted by atomic mass is 31.1. The first-order valence-electron chi connectivity index (χ1n) is 9.18. The van der Waals surface area contributed by atoms with Gasteiger partial charge >= 0.3 is 0 Å². The van der Waals surface area contributed by atoms with Crippen LogP contribution in [0.4, 0.5) is 0 Å². The van der Waals surface area contributed by atoms with Gasteiger partial charge in [-0.2, -0.15) is 0 Å². The van der Waals surface area contributed by atoms with Gasteiger partial charge in [0.2, 0.25) is 0 Å². The number of nitrogens with zero attached hydrogens (tertiary/aromatic N) is 1. The lowest BCUT2D eigenvalue weighted by molar-refractivity contribution is 0.811. The highest BCUT2D eigenvalue weighted by Gasteiger charge is 2.34. The minimum Gasteiger partial charge on any atom is -0.239 e. The van der Waals surface area contributed by atoms with Gasteiger partial charge in [-0.25, -0.2) is 4.99 Å². The summed E-state index contributed by atoms with van der Waals surface area (Å²) in [5, 5.41) is -0.306. The van der Waals surface area contributed by atoms with Gasteiger partial charge in [-0.05, 0) is 31.3 Å². The molecule has 0 aliphatic heterocycles. The Morgan fingerprint density at radius 2 is 1.15 bits per heavy atom. The minimum atomic E-state index is -0.306. The van der Waals surface area contributed by atoms with Crippen molar-refractivity contribution in [1.29, 1.82) is 0 Å². The molecule has 2 heteroatoms. The van der Waals surface area contributed by atoms with Crippen molar-refractivity contribution in [3.05, 3.63) is 108 Å². The molecule has 0 aliphatic carbocycles. The number of hydrogen-bond donors (Lipinski definition) is 0. The maximum atomic E-state index is 4.56. The molecule has 26 heavy (non-hydrogen) atoms. The summed E-state index contributed by atoms with van der Waals surface area (Å²) in [6.07, 6.45) is 2.26. The number of benzene rings is 3. The smallest absolute Gasteiger partial charge is 0.0958 e. The van der Waals surface area contributed by atoms with Crippen molar-refractivity contribution in [1.82, 2.24) is 0 Å². The second-order valence-corrected chi connectivity index (χ2v) is 7.35. The Morgan fingerprint density at radius 1 is 0.731 bits per heavy atom. The Hall–Kier alpha value is -2.46. The van der Waals surface area contributed by atoms with Crippen LogP contribution in [0.2, 0.25) is 0 Å². The lowest BCUT2D eigenvalue weighted by Crippen LogP contribution is -2.22. The van der Waals surface area contributed by atoms with Crippen molar-refractivity contribution in [3.8, 4) is 0 Å². The molecule has 0 aromatic heterocycles. The second kappa shape index (κ2) is 9.30. The quantitative estimate of drug-likeness (QED) is 0.195. The largest absolute Gasteiger partial charge is 0.239 e. The van der Waals surface area contributed by atoms with Gasteiger partial charge in [0.25, 0.3) is 0 Å². The summed E-state index contributed by atoms with van der Waals surface area (Å²) in [6, 6.07) is 32.1. The van der Waals surface area contributed by atoms with Crippen molar-refractivity contribution in [2.24, 2.45) is 4.99 Å². The number of aliphatic imine (C=N–C) groups is 1. The maximum Gasteiger partial charge on any atom is 0.0958 e. The summed E-state index contributed by atoms with van der Waals surface area (Å²) in [6.45, 7) is 3.04. The summed E-state index contributed by atoms with van der Waals surface area (Å²) in [5.41, 5.74) is 7.14. The van der Waals surface area contributed by atoms with Crippen LogP contribution in [0, 0.1) is 0 Å². The summed E-state index contributed by atoms with van der Waals surface area (Å²) in [7, 11) is 1.04. The van der Waals surface area contributed by atoms with Crippen molar-refractivity contribution >= 4 is 13.8 Å². The molecule has 0 atom stereocenters. The molecule has 3 aromatic rings. The first kappa shape index (κ1) is 18.3. The Kier molecular flexibility index (Phi) is 6.56. The minimum absolute atomic E-state index is 0.306. The fourth-order valence-corrected chi connectivity index (χ4v) is 4.28. The number of unbranched alkanes of at least 4 members (excludes halogenated alkanes) is 1. The van der Waals surface area contributed by atoms with Gasteiger partial charge in [0.15, 0.2) is 0 Å². The van der Waals surface area contributed by atoms with E-state index in [4.69, 9.17) is 0 Å². The fourth-order valence-electron chi connectivity index (χ4n) is 3.13. The fraction of sp³-hybridized carbons (Fsp3) is 0.208. The normalized spacial score (nSPS) is 11.1. The van der Waals surface area contributed by atoms with E-state index in [2.05, 4.69) is 109 Å². The molecule has 0 spiro atoms. The first-order chi connectivity index (χ1) is 12.9. The summed E-state index contributed by atoms with van der Waals surface area (Å²) < 4.78 is 0. The van der Waals surface area contributed by atoms with Crippen LogP contribution in [0.15, 0.2) is 96.0 Å². The molecule has 0 amide bonds. The van der Waals surface area contributed by atoms with E-state index in [-0.39, 0.29) is 5.16 Å². The Labute approximate surface area is 158 Å². The van der Waals surface area contributed by atoms with Crippen molar-refractivity contribution < 1.29 is 0 Å². The van der Waals surface area contributed by atoms with E-state index in [1.807, 2.05) is 0 Å². The van der Waals surface area contributed by atoms with Crippen LogP contribution in [0.25, 0.3) is 0 Å². The second-order valence-electron chi connectivity index (χ2n) is 6.26. The van der Waals surface area contributed by atoms with Crippen LogP contribution in [0.5, 0.6) is 0 Å². The average Bonchev–Trinajstić information content (AvgIpc) is 2.73. The van der Waals surface area contributed by atoms with E-state index in [1.54, 1.807) is 0 Å². The molecule has 0 heterocycles. The highest BCUT2D eigenvalue weighted by molar-refractivity contribution is 7.39. The third-order valence-electron chi connectivity index (χ3n) is 4.49. The highest BCUT2D eigenvalue weighted by Crippen LogP contribution is 2.47. The van der Waals surface area contributed by atoms with E-state index in [1.165, 1.54) is 16.7 Å². The molecule has 0 unspecified atom stereocenters. The molecule has 130 valence electrons. The van der Waals surface area contributed by atoms with Gasteiger partial charge in [-0.3, -0.25) is 0 Å². The van der Waals surface area contributed by atoms with Gasteiger partial charge in [0.05, 0.1) is 5.16 Å². The van der Waals surface area contributed by atoms with Gasteiger partial charge in [-0.1, -0.05) is 104 Å². The predicted molar refractivity (Wildman–Crippen MR) is 113 cm³/mol. The molecule has 0 bridgehead atoms. The van der Waals surface area contributed by atoms with Crippen LogP contribution in [-0.4, -0.2) is 12.1 Å². The molecule has 0 N–H and O–H groups in total.